The number of hydrogen-bond acceptors (Lipinski definition) is 3. The molecule has 1 amide bonds. The molecule has 26 heavy (non-hydrogen) atoms. The Morgan fingerprint density at radius 2 is 2.00 bits per heavy atom. The van der Waals surface area contributed by atoms with E-state index in [0.29, 0.717) is 22.9 Å². The van der Waals surface area contributed by atoms with Crippen LogP contribution in [-0.4, -0.2) is 28.9 Å². The summed E-state index contributed by atoms with van der Waals surface area (Å²) in [6.07, 6.45) is 3.73. The molecule has 1 atom stereocenters. The SMILES string of the molecule is Cc1ccc(C(C)Nc2ccc(C(=O)N3CCC(C)CC3)cn2)cc1F. The number of carbonyl (C=O) groups is 1. The lowest BCUT2D eigenvalue weighted by molar-refractivity contribution is 0.0697. The molecule has 1 fully saturated rings. The highest BCUT2D eigenvalue weighted by Gasteiger charge is 2.21. The highest BCUT2D eigenvalue weighted by molar-refractivity contribution is 5.94. The molecule has 1 aromatic carbocycles. The lowest BCUT2D eigenvalue weighted by Gasteiger charge is -2.30. The summed E-state index contributed by atoms with van der Waals surface area (Å²) < 4.78 is 13.7. The van der Waals surface area contributed by atoms with Gasteiger partial charge in [0.2, 0.25) is 0 Å². The molecule has 138 valence electrons. The first-order chi connectivity index (χ1) is 12.4. The van der Waals surface area contributed by atoms with E-state index in [1.165, 1.54) is 0 Å². The molecular weight excluding hydrogens is 329 g/mol. The molecule has 1 aliphatic heterocycles. The molecule has 1 N–H and O–H groups in total. The zero-order valence-corrected chi connectivity index (χ0v) is 15.6. The van der Waals surface area contributed by atoms with Crippen molar-refractivity contribution in [3.8, 4) is 0 Å². The number of pyridine rings is 1. The van der Waals surface area contributed by atoms with Crippen molar-refractivity contribution in [1.82, 2.24) is 9.88 Å². The molecule has 3 rings (SSSR count). The Morgan fingerprint density at radius 1 is 1.27 bits per heavy atom. The molecule has 4 nitrogen and oxygen atoms in total. The van der Waals surface area contributed by atoms with Crippen molar-refractivity contribution in [3.05, 3.63) is 59.0 Å². The molecule has 5 heteroatoms. The molecule has 2 aromatic rings. The Kier molecular flexibility index (Phi) is 5.55. The molecule has 0 saturated carbocycles. The second kappa shape index (κ2) is 7.85. The predicted octanol–water partition coefficient (Wildman–Crippen LogP) is 4.57. The third kappa shape index (κ3) is 4.21. The second-order valence-corrected chi connectivity index (χ2v) is 7.28. The fourth-order valence-corrected chi connectivity index (χ4v) is 3.18. The number of benzene rings is 1. The monoisotopic (exact) mass is 355 g/mol. The number of nitrogens with zero attached hydrogens (tertiary/aromatic N) is 2. The molecule has 0 bridgehead atoms. The summed E-state index contributed by atoms with van der Waals surface area (Å²) in [6, 6.07) is 8.76. The molecule has 0 radical (unpaired) electrons. The number of aromatic nitrogens is 1. The van der Waals surface area contributed by atoms with Gasteiger partial charge in [-0.25, -0.2) is 9.37 Å². The van der Waals surface area contributed by atoms with E-state index in [0.717, 1.165) is 31.5 Å². The number of nitrogens with one attached hydrogen (secondary N) is 1. The van der Waals surface area contributed by atoms with Gasteiger partial charge in [-0.15, -0.1) is 0 Å². The smallest absolute Gasteiger partial charge is 0.255 e. The van der Waals surface area contributed by atoms with Gasteiger partial charge >= 0.3 is 0 Å². The van der Waals surface area contributed by atoms with Crippen LogP contribution >= 0.6 is 0 Å². The Balaban J connectivity index is 1.63. The fraction of sp³-hybridized carbons (Fsp3) is 0.429. The van der Waals surface area contributed by atoms with Crippen molar-refractivity contribution >= 4 is 11.7 Å². The number of anilines is 1. The van der Waals surface area contributed by atoms with Gasteiger partial charge in [0.1, 0.15) is 11.6 Å². The predicted molar refractivity (Wildman–Crippen MR) is 102 cm³/mol. The van der Waals surface area contributed by atoms with Crippen LogP contribution in [0.4, 0.5) is 10.2 Å². The van der Waals surface area contributed by atoms with Gasteiger partial charge in [-0.1, -0.05) is 19.1 Å². The average molecular weight is 355 g/mol. The van der Waals surface area contributed by atoms with Gasteiger partial charge in [0, 0.05) is 19.3 Å². The van der Waals surface area contributed by atoms with Crippen LogP contribution < -0.4 is 5.32 Å². The van der Waals surface area contributed by atoms with Crippen LogP contribution in [0.3, 0.4) is 0 Å². The molecule has 1 unspecified atom stereocenters. The third-order valence-corrected chi connectivity index (χ3v) is 5.14. The Hall–Kier alpha value is -2.43. The minimum Gasteiger partial charge on any atom is -0.364 e. The number of aryl methyl sites for hydroxylation is 1. The number of likely N-dealkylation sites (tertiary alicyclic amines) is 1. The first-order valence-corrected chi connectivity index (χ1v) is 9.22. The molecule has 1 aliphatic rings. The van der Waals surface area contributed by atoms with Crippen LogP contribution in [0.1, 0.15) is 54.2 Å². The standard InChI is InChI=1S/C21H26FN3O/c1-14-8-10-25(11-9-14)21(26)18-6-7-20(23-13-18)24-16(3)17-5-4-15(2)19(22)12-17/h4-7,12-14,16H,8-11H2,1-3H3,(H,23,24). The maximum absolute atomic E-state index is 13.7. The van der Waals surface area contributed by atoms with Crippen LogP contribution in [0.15, 0.2) is 36.5 Å². The third-order valence-electron chi connectivity index (χ3n) is 5.14. The highest BCUT2D eigenvalue weighted by atomic mass is 19.1. The second-order valence-electron chi connectivity index (χ2n) is 7.28. The van der Waals surface area contributed by atoms with E-state index in [1.807, 2.05) is 17.9 Å². The first kappa shape index (κ1) is 18.4. The van der Waals surface area contributed by atoms with E-state index < -0.39 is 0 Å². The summed E-state index contributed by atoms with van der Waals surface area (Å²) >= 11 is 0. The summed E-state index contributed by atoms with van der Waals surface area (Å²) in [5.74, 6) is 1.20. The largest absolute Gasteiger partial charge is 0.364 e. The number of amides is 1. The van der Waals surface area contributed by atoms with Crippen molar-refractivity contribution in [1.29, 1.82) is 0 Å². The van der Waals surface area contributed by atoms with Crippen molar-refractivity contribution in [2.24, 2.45) is 5.92 Å². The lowest BCUT2D eigenvalue weighted by Crippen LogP contribution is -2.37. The summed E-state index contributed by atoms with van der Waals surface area (Å²) in [5.41, 5.74) is 2.10. The summed E-state index contributed by atoms with van der Waals surface area (Å²) in [7, 11) is 0. The molecule has 1 saturated heterocycles. The normalized spacial score (nSPS) is 16.4. The van der Waals surface area contributed by atoms with Gasteiger partial charge in [-0.2, -0.15) is 0 Å². The summed E-state index contributed by atoms with van der Waals surface area (Å²) in [5, 5.41) is 3.25. The highest BCUT2D eigenvalue weighted by Crippen LogP contribution is 2.21. The average Bonchev–Trinajstić information content (AvgIpc) is 2.64. The van der Waals surface area contributed by atoms with Gasteiger partial charge in [-0.05, 0) is 61.9 Å². The minimum absolute atomic E-state index is 0.0459. The molecule has 1 aromatic heterocycles. The fourth-order valence-electron chi connectivity index (χ4n) is 3.18. The molecular formula is C21H26FN3O. The van der Waals surface area contributed by atoms with Gasteiger partial charge in [0.05, 0.1) is 11.6 Å². The van der Waals surface area contributed by atoms with E-state index in [2.05, 4.69) is 17.2 Å². The maximum atomic E-state index is 13.7. The van der Waals surface area contributed by atoms with E-state index in [1.54, 1.807) is 37.4 Å². The van der Waals surface area contributed by atoms with Crippen LogP contribution in [0, 0.1) is 18.7 Å². The summed E-state index contributed by atoms with van der Waals surface area (Å²) in [6.45, 7) is 7.56. The number of rotatable bonds is 4. The molecule has 0 spiro atoms. The van der Waals surface area contributed by atoms with Gasteiger partial charge < -0.3 is 10.2 Å². The van der Waals surface area contributed by atoms with Crippen LogP contribution in [0.2, 0.25) is 0 Å². The van der Waals surface area contributed by atoms with Crippen molar-refractivity contribution in [2.45, 2.75) is 39.7 Å². The van der Waals surface area contributed by atoms with Crippen molar-refractivity contribution in [2.75, 3.05) is 18.4 Å². The lowest BCUT2D eigenvalue weighted by atomic mass is 9.99. The van der Waals surface area contributed by atoms with E-state index >= 15 is 0 Å². The minimum atomic E-state index is -0.207. The number of hydrogen-bond donors (Lipinski definition) is 1. The van der Waals surface area contributed by atoms with Gasteiger partial charge in [-0.3, -0.25) is 4.79 Å². The van der Waals surface area contributed by atoms with Crippen LogP contribution in [-0.2, 0) is 0 Å². The topological polar surface area (TPSA) is 45.2 Å². The Morgan fingerprint density at radius 3 is 2.62 bits per heavy atom. The van der Waals surface area contributed by atoms with Crippen LogP contribution in [0.25, 0.3) is 0 Å². The molecule has 0 aliphatic carbocycles. The number of halogens is 1. The number of carbonyl (C=O) groups excluding carboxylic acids is 1. The summed E-state index contributed by atoms with van der Waals surface area (Å²) in [4.78, 5) is 18.8. The van der Waals surface area contributed by atoms with E-state index in [-0.39, 0.29) is 17.8 Å². The zero-order chi connectivity index (χ0) is 18.7. The van der Waals surface area contributed by atoms with Crippen LogP contribution in [0.5, 0.6) is 0 Å². The first-order valence-electron chi connectivity index (χ1n) is 9.22. The number of piperidine rings is 1. The van der Waals surface area contributed by atoms with E-state index in [9.17, 15) is 9.18 Å². The van der Waals surface area contributed by atoms with Crippen molar-refractivity contribution < 1.29 is 9.18 Å². The van der Waals surface area contributed by atoms with Gasteiger partial charge in [0.15, 0.2) is 0 Å². The van der Waals surface area contributed by atoms with E-state index in [4.69, 9.17) is 0 Å². The van der Waals surface area contributed by atoms with Gasteiger partial charge in [0.25, 0.3) is 5.91 Å². The zero-order valence-electron chi connectivity index (χ0n) is 15.6. The quantitative estimate of drug-likeness (QED) is 0.873. The maximum Gasteiger partial charge on any atom is 0.255 e. The molecule has 2 heterocycles. The Bertz CT molecular complexity index is 767. The Labute approximate surface area is 154 Å². The van der Waals surface area contributed by atoms with Crippen molar-refractivity contribution in [3.63, 3.8) is 0 Å².